The van der Waals surface area contributed by atoms with Crippen LogP contribution in [-0.2, 0) is 10.0 Å². The van der Waals surface area contributed by atoms with Crippen LogP contribution in [0.4, 0.5) is 0 Å². The maximum absolute atomic E-state index is 13.1. The molecule has 1 N–H and O–H groups in total. The lowest BCUT2D eigenvalue weighted by molar-refractivity contribution is 0.0690. The zero-order valence-corrected chi connectivity index (χ0v) is 18.4. The first-order valence-electron chi connectivity index (χ1n) is 9.98. The van der Waals surface area contributed by atoms with Gasteiger partial charge in [-0.2, -0.15) is 4.31 Å². The van der Waals surface area contributed by atoms with Gasteiger partial charge in [0.25, 0.3) is 5.91 Å². The Labute approximate surface area is 175 Å². The number of sulfonamides is 1. The van der Waals surface area contributed by atoms with Crippen molar-refractivity contribution in [3.8, 4) is 0 Å². The zero-order valence-electron chi connectivity index (χ0n) is 16.8. The molecule has 0 aliphatic carbocycles. The van der Waals surface area contributed by atoms with Gasteiger partial charge in [-0.3, -0.25) is 4.79 Å². The van der Waals surface area contributed by atoms with Crippen LogP contribution in [0.3, 0.4) is 0 Å². The van der Waals surface area contributed by atoms with Crippen molar-refractivity contribution < 1.29 is 13.2 Å². The first kappa shape index (κ1) is 23.1. The molecule has 2 fully saturated rings. The molecule has 2 saturated heterocycles. The number of aryl methyl sites for hydroxylation is 1. The van der Waals surface area contributed by atoms with Crippen LogP contribution in [0.2, 0.25) is 0 Å². The molecule has 3 rings (SSSR count). The van der Waals surface area contributed by atoms with Crippen molar-refractivity contribution in [2.45, 2.75) is 43.9 Å². The molecule has 2 aliphatic heterocycles. The Morgan fingerprint density at radius 3 is 2.36 bits per heavy atom. The summed E-state index contributed by atoms with van der Waals surface area (Å²) in [6.07, 6.45) is 4.85. The topological polar surface area (TPSA) is 69.7 Å². The molecule has 1 amide bonds. The van der Waals surface area contributed by atoms with Crippen LogP contribution in [0.25, 0.3) is 0 Å². The SMILES string of the molecule is CNCC1CCN(C(=O)c2ccc(C)c(S(=O)(=O)N3CCCCC3)c2)CC1.Cl. The molecule has 0 spiro atoms. The summed E-state index contributed by atoms with van der Waals surface area (Å²) in [7, 11) is -1.59. The average molecular weight is 430 g/mol. The second-order valence-corrected chi connectivity index (χ2v) is 9.64. The van der Waals surface area contributed by atoms with Crippen molar-refractivity contribution in [2.75, 3.05) is 39.8 Å². The van der Waals surface area contributed by atoms with Crippen molar-refractivity contribution in [1.82, 2.24) is 14.5 Å². The molecule has 158 valence electrons. The quantitative estimate of drug-likeness (QED) is 0.781. The van der Waals surface area contributed by atoms with Gasteiger partial charge in [0, 0.05) is 31.7 Å². The Kier molecular flexibility index (Phi) is 8.30. The van der Waals surface area contributed by atoms with E-state index in [1.54, 1.807) is 29.4 Å². The normalized spacial score (nSPS) is 19.3. The van der Waals surface area contributed by atoms with E-state index in [1.807, 2.05) is 11.9 Å². The molecule has 8 heteroatoms. The molecular weight excluding hydrogens is 398 g/mol. The number of nitrogens with zero attached hydrogens (tertiary/aromatic N) is 2. The first-order valence-corrected chi connectivity index (χ1v) is 11.4. The second kappa shape index (κ2) is 10.1. The molecule has 6 nitrogen and oxygen atoms in total. The Hall–Kier alpha value is -1.15. The highest BCUT2D eigenvalue weighted by Gasteiger charge is 2.29. The molecule has 28 heavy (non-hydrogen) atoms. The van der Waals surface area contributed by atoms with Crippen LogP contribution in [0.15, 0.2) is 23.1 Å². The van der Waals surface area contributed by atoms with Crippen molar-refractivity contribution in [3.63, 3.8) is 0 Å². The molecule has 1 aromatic carbocycles. The van der Waals surface area contributed by atoms with E-state index in [2.05, 4.69) is 5.32 Å². The smallest absolute Gasteiger partial charge is 0.253 e. The fraction of sp³-hybridized carbons (Fsp3) is 0.650. The number of halogens is 1. The number of nitrogens with one attached hydrogen (secondary N) is 1. The molecular formula is C20H32ClN3O3S. The zero-order chi connectivity index (χ0) is 19.4. The predicted octanol–water partition coefficient (Wildman–Crippen LogP) is 2.66. The number of hydrogen-bond donors (Lipinski definition) is 1. The van der Waals surface area contributed by atoms with E-state index < -0.39 is 10.0 Å². The average Bonchev–Trinajstić information content (AvgIpc) is 2.69. The summed E-state index contributed by atoms with van der Waals surface area (Å²) in [5, 5.41) is 3.20. The van der Waals surface area contributed by atoms with Crippen molar-refractivity contribution >= 4 is 28.3 Å². The minimum absolute atomic E-state index is 0. The van der Waals surface area contributed by atoms with Gasteiger partial charge >= 0.3 is 0 Å². The second-order valence-electron chi connectivity index (χ2n) is 7.74. The van der Waals surface area contributed by atoms with E-state index in [9.17, 15) is 13.2 Å². The van der Waals surface area contributed by atoms with E-state index in [-0.39, 0.29) is 23.2 Å². The van der Waals surface area contributed by atoms with Crippen LogP contribution in [0.5, 0.6) is 0 Å². The largest absolute Gasteiger partial charge is 0.339 e. The van der Waals surface area contributed by atoms with Gasteiger partial charge in [0.2, 0.25) is 10.0 Å². The van der Waals surface area contributed by atoms with Crippen molar-refractivity contribution in [1.29, 1.82) is 0 Å². The molecule has 0 radical (unpaired) electrons. The first-order chi connectivity index (χ1) is 12.9. The van der Waals surface area contributed by atoms with Gasteiger partial charge in [-0.15, -0.1) is 12.4 Å². The Morgan fingerprint density at radius 2 is 1.75 bits per heavy atom. The summed E-state index contributed by atoms with van der Waals surface area (Å²) in [5.74, 6) is 0.542. The fourth-order valence-corrected chi connectivity index (χ4v) is 5.83. The lowest BCUT2D eigenvalue weighted by Crippen LogP contribution is -2.40. The molecule has 0 saturated carbocycles. The number of amides is 1. The highest BCUT2D eigenvalue weighted by atomic mass is 35.5. The van der Waals surface area contributed by atoms with E-state index in [0.717, 1.165) is 51.7 Å². The van der Waals surface area contributed by atoms with Crippen LogP contribution in [0.1, 0.15) is 48.0 Å². The van der Waals surface area contributed by atoms with Gasteiger partial charge in [0.05, 0.1) is 4.90 Å². The molecule has 0 atom stereocenters. The molecule has 0 bridgehead atoms. The lowest BCUT2D eigenvalue weighted by atomic mass is 9.96. The molecule has 0 aromatic heterocycles. The van der Waals surface area contributed by atoms with Crippen LogP contribution in [-0.4, -0.2) is 63.3 Å². The number of rotatable bonds is 5. The summed E-state index contributed by atoms with van der Waals surface area (Å²) in [6.45, 7) is 5.37. The third kappa shape index (κ3) is 5.06. The highest BCUT2D eigenvalue weighted by Crippen LogP contribution is 2.26. The number of carbonyl (C=O) groups excluding carboxylic acids is 1. The monoisotopic (exact) mass is 429 g/mol. The minimum atomic E-state index is -3.54. The summed E-state index contributed by atoms with van der Waals surface area (Å²) in [6, 6.07) is 5.10. The van der Waals surface area contributed by atoms with Crippen molar-refractivity contribution in [3.05, 3.63) is 29.3 Å². The number of benzene rings is 1. The van der Waals surface area contributed by atoms with Gasteiger partial charge in [-0.1, -0.05) is 12.5 Å². The lowest BCUT2D eigenvalue weighted by Gasteiger charge is -2.32. The van der Waals surface area contributed by atoms with E-state index in [4.69, 9.17) is 0 Å². The number of carbonyl (C=O) groups is 1. The maximum Gasteiger partial charge on any atom is 0.253 e. The summed E-state index contributed by atoms with van der Waals surface area (Å²) < 4.78 is 27.7. The summed E-state index contributed by atoms with van der Waals surface area (Å²) >= 11 is 0. The number of hydrogen-bond acceptors (Lipinski definition) is 4. The van der Waals surface area contributed by atoms with Gasteiger partial charge in [-0.05, 0) is 69.8 Å². The highest BCUT2D eigenvalue weighted by molar-refractivity contribution is 7.89. The Morgan fingerprint density at radius 1 is 1.11 bits per heavy atom. The van der Waals surface area contributed by atoms with E-state index in [1.165, 1.54) is 0 Å². The van der Waals surface area contributed by atoms with Gasteiger partial charge < -0.3 is 10.2 Å². The van der Waals surface area contributed by atoms with Crippen LogP contribution in [0, 0.1) is 12.8 Å². The summed E-state index contributed by atoms with van der Waals surface area (Å²) in [4.78, 5) is 15.1. The molecule has 0 unspecified atom stereocenters. The fourth-order valence-electron chi connectivity index (χ4n) is 4.07. The summed E-state index contributed by atoms with van der Waals surface area (Å²) in [5.41, 5.74) is 1.17. The molecule has 2 heterocycles. The third-order valence-corrected chi connectivity index (χ3v) is 7.80. The maximum atomic E-state index is 13.1. The van der Waals surface area contributed by atoms with Crippen LogP contribution >= 0.6 is 12.4 Å². The standard InChI is InChI=1S/C20H31N3O3S.ClH/c1-16-6-7-18(20(24)22-12-8-17(9-13-22)15-21-2)14-19(16)27(25,26)23-10-4-3-5-11-23;/h6-7,14,17,21H,3-5,8-13,15H2,1-2H3;1H. The Bertz CT molecular complexity index is 771. The Balaban J connectivity index is 0.00000280. The number of piperidine rings is 2. The van der Waals surface area contributed by atoms with Gasteiger partial charge in [0.1, 0.15) is 0 Å². The van der Waals surface area contributed by atoms with E-state index in [0.29, 0.717) is 30.1 Å². The third-order valence-electron chi connectivity index (χ3n) is 5.76. The van der Waals surface area contributed by atoms with Gasteiger partial charge in [-0.25, -0.2) is 8.42 Å². The predicted molar refractivity (Wildman–Crippen MR) is 114 cm³/mol. The molecule has 1 aromatic rings. The van der Waals surface area contributed by atoms with E-state index >= 15 is 0 Å². The van der Waals surface area contributed by atoms with Gasteiger partial charge in [0.15, 0.2) is 0 Å². The number of likely N-dealkylation sites (tertiary alicyclic amines) is 1. The minimum Gasteiger partial charge on any atom is -0.339 e. The molecule has 2 aliphatic rings. The van der Waals surface area contributed by atoms with Crippen molar-refractivity contribution in [2.24, 2.45) is 5.92 Å². The van der Waals surface area contributed by atoms with Crippen LogP contribution < -0.4 is 5.32 Å².